The molecule has 1 fully saturated rings. The third kappa shape index (κ3) is 3.22. The Bertz CT molecular complexity index is 205. The van der Waals surface area contributed by atoms with E-state index in [1.165, 1.54) is 12.7 Å². The molecular weight excluding hydrogens is 204 g/mol. The SMILES string of the molecule is C=COCC1(CO)CCCCC1CCCO. The van der Waals surface area contributed by atoms with Gasteiger partial charge in [-0.05, 0) is 31.6 Å². The van der Waals surface area contributed by atoms with E-state index in [-0.39, 0.29) is 18.6 Å². The van der Waals surface area contributed by atoms with Crippen LogP contribution in [0, 0.1) is 11.3 Å². The largest absolute Gasteiger partial charge is 0.501 e. The summed E-state index contributed by atoms with van der Waals surface area (Å²) >= 11 is 0. The van der Waals surface area contributed by atoms with Crippen molar-refractivity contribution in [3.8, 4) is 0 Å². The Hall–Kier alpha value is -0.540. The topological polar surface area (TPSA) is 49.7 Å². The lowest BCUT2D eigenvalue weighted by molar-refractivity contribution is -0.0339. The molecule has 0 saturated heterocycles. The molecule has 94 valence electrons. The molecule has 2 N–H and O–H groups in total. The minimum absolute atomic E-state index is 0.110. The number of aliphatic hydroxyl groups is 2. The standard InChI is InChI=1S/C13H24O3/c1-2-16-11-13(10-15)8-4-3-6-12(13)7-5-9-14/h2,12,14-15H,1,3-11H2. The van der Waals surface area contributed by atoms with Gasteiger partial charge in [0.05, 0.1) is 19.5 Å². The van der Waals surface area contributed by atoms with Crippen LogP contribution in [0.2, 0.25) is 0 Å². The molecule has 0 aliphatic heterocycles. The van der Waals surface area contributed by atoms with Crippen molar-refractivity contribution in [2.75, 3.05) is 19.8 Å². The first kappa shape index (κ1) is 13.5. The van der Waals surface area contributed by atoms with E-state index in [0.29, 0.717) is 12.5 Å². The van der Waals surface area contributed by atoms with Crippen molar-refractivity contribution in [3.63, 3.8) is 0 Å². The molecule has 2 unspecified atom stereocenters. The Morgan fingerprint density at radius 1 is 1.38 bits per heavy atom. The first-order valence-corrected chi connectivity index (χ1v) is 6.23. The maximum atomic E-state index is 9.66. The summed E-state index contributed by atoms with van der Waals surface area (Å²) in [5.74, 6) is 0.471. The first-order chi connectivity index (χ1) is 7.79. The second kappa shape index (κ2) is 6.92. The van der Waals surface area contributed by atoms with E-state index in [4.69, 9.17) is 9.84 Å². The number of rotatable bonds is 7. The lowest BCUT2D eigenvalue weighted by Gasteiger charge is -2.42. The van der Waals surface area contributed by atoms with E-state index in [1.54, 1.807) is 0 Å². The van der Waals surface area contributed by atoms with Crippen molar-refractivity contribution in [2.45, 2.75) is 38.5 Å². The van der Waals surface area contributed by atoms with Gasteiger partial charge in [-0.2, -0.15) is 0 Å². The van der Waals surface area contributed by atoms with Gasteiger partial charge in [-0.15, -0.1) is 0 Å². The van der Waals surface area contributed by atoms with Crippen molar-refractivity contribution in [2.24, 2.45) is 11.3 Å². The van der Waals surface area contributed by atoms with Gasteiger partial charge < -0.3 is 14.9 Å². The van der Waals surface area contributed by atoms with Crippen LogP contribution >= 0.6 is 0 Å². The van der Waals surface area contributed by atoms with Crippen molar-refractivity contribution in [3.05, 3.63) is 12.8 Å². The quantitative estimate of drug-likeness (QED) is 0.656. The molecule has 1 rings (SSSR count). The molecule has 0 radical (unpaired) electrons. The van der Waals surface area contributed by atoms with Crippen molar-refractivity contribution in [1.82, 2.24) is 0 Å². The summed E-state index contributed by atoms with van der Waals surface area (Å²) in [7, 11) is 0. The molecule has 0 spiro atoms. The molecule has 0 aromatic rings. The van der Waals surface area contributed by atoms with Gasteiger partial charge in [-0.1, -0.05) is 19.4 Å². The predicted molar refractivity (Wildman–Crippen MR) is 63.9 cm³/mol. The Morgan fingerprint density at radius 2 is 2.19 bits per heavy atom. The van der Waals surface area contributed by atoms with Gasteiger partial charge in [0, 0.05) is 12.0 Å². The van der Waals surface area contributed by atoms with Crippen LogP contribution in [0.5, 0.6) is 0 Å². The van der Waals surface area contributed by atoms with Crippen molar-refractivity contribution in [1.29, 1.82) is 0 Å². The first-order valence-electron chi connectivity index (χ1n) is 6.23. The summed E-state index contributed by atoms with van der Waals surface area (Å²) in [6.45, 7) is 4.53. The minimum Gasteiger partial charge on any atom is -0.501 e. The summed E-state index contributed by atoms with van der Waals surface area (Å²) in [6, 6.07) is 0. The second-order valence-corrected chi connectivity index (χ2v) is 4.81. The van der Waals surface area contributed by atoms with Gasteiger partial charge in [0.1, 0.15) is 0 Å². The van der Waals surface area contributed by atoms with Gasteiger partial charge in [-0.25, -0.2) is 0 Å². The molecule has 0 heterocycles. The Morgan fingerprint density at radius 3 is 2.81 bits per heavy atom. The summed E-state index contributed by atoms with van der Waals surface area (Å²) in [4.78, 5) is 0. The average molecular weight is 228 g/mol. The molecule has 0 aromatic heterocycles. The monoisotopic (exact) mass is 228 g/mol. The van der Waals surface area contributed by atoms with E-state index in [1.807, 2.05) is 0 Å². The zero-order valence-corrected chi connectivity index (χ0v) is 10.0. The summed E-state index contributed by atoms with van der Waals surface area (Å²) < 4.78 is 5.32. The van der Waals surface area contributed by atoms with Crippen LogP contribution in [0.4, 0.5) is 0 Å². The van der Waals surface area contributed by atoms with E-state index in [0.717, 1.165) is 32.1 Å². The van der Waals surface area contributed by atoms with Gasteiger partial charge in [0.2, 0.25) is 0 Å². The molecule has 3 heteroatoms. The minimum atomic E-state index is -0.110. The molecule has 0 amide bonds. The Labute approximate surface area is 98.1 Å². The highest BCUT2D eigenvalue weighted by molar-refractivity contribution is 4.89. The van der Waals surface area contributed by atoms with Crippen LogP contribution < -0.4 is 0 Å². The third-order valence-corrected chi connectivity index (χ3v) is 3.86. The normalized spacial score (nSPS) is 30.0. The van der Waals surface area contributed by atoms with E-state index < -0.39 is 0 Å². The van der Waals surface area contributed by atoms with Crippen LogP contribution in [-0.4, -0.2) is 30.0 Å². The maximum Gasteiger partial charge on any atom is 0.0953 e. The summed E-state index contributed by atoms with van der Waals surface area (Å²) in [5, 5.41) is 18.6. The fraction of sp³-hybridized carbons (Fsp3) is 0.846. The third-order valence-electron chi connectivity index (χ3n) is 3.86. The van der Waals surface area contributed by atoms with E-state index in [9.17, 15) is 5.11 Å². The molecule has 3 nitrogen and oxygen atoms in total. The van der Waals surface area contributed by atoms with E-state index >= 15 is 0 Å². The van der Waals surface area contributed by atoms with Crippen LogP contribution in [0.1, 0.15) is 38.5 Å². The van der Waals surface area contributed by atoms with Crippen molar-refractivity contribution < 1.29 is 14.9 Å². The van der Waals surface area contributed by atoms with E-state index in [2.05, 4.69) is 6.58 Å². The summed E-state index contributed by atoms with van der Waals surface area (Å²) in [5.41, 5.74) is -0.110. The summed E-state index contributed by atoms with van der Waals surface area (Å²) in [6.07, 6.45) is 7.81. The molecular formula is C13H24O3. The van der Waals surface area contributed by atoms with Gasteiger partial charge in [-0.3, -0.25) is 0 Å². The number of hydrogen-bond donors (Lipinski definition) is 2. The Balaban J connectivity index is 2.62. The van der Waals surface area contributed by atoms with Crippen LogP contribution in [0.3, 0.4) is 0 Å². The van der Waals surface area contributed by atoms with Crippen LogP contribution in [0.15, 0.2) is 12.8 Å². The Kier molecular flexibility index (Phi) is 5.85. The number of aliphatic hydroxyl groups excluding tert-OH is 2. The molecule has 16 heavy (non-hydrogen) atoms. The van der Waals surface area contributed by atoms with Gasteiger partial charge in [0.25, 0.3) is 0 Å². The fourth-order valence-corrected chi connectivity index (χ4v) is 2.84. The zero-order chi connectivity index (χ0) is 11.9. The second-order valence-electron chi connectivity index (χ2n) is 4.81. The molecule has 0 aromatic carbocycles. The highest BCUT2D eigenvalue weighted by Crippen LogP contribution is 2.43. The predicted octanol–water partition coefficient (Wildman–Crippen LogP) is 2.09. The lowest BCUT2D eigenvalue weighted by atomic mass is 9.65. The molecule has 1 aliphatic rings. The highest BCUT2D eigenvalue weighted by atomic mass is 16.5. The lowest BCUT2D eigenvalue weighted by Crippen LogP contribution is -2.41. The van der Waals surface area contributed by atoms with Gasteiger partial charge in [0.15, 0.2) is 0 Å². The smallest absolute Gasteiger partial charge is 0.0953 e. The van der Waals surface area contributed by atoms with Crippen LogP contribution in [-0.2, 0) is 4.74 Å². The van der Waals surface area contributed by atoms with Gasteiger partial charge >= 0.3 is 0 Å². The highest BCUT2D eigenvalue weighted by Gasteiger charge is 2.40. The number of hydrogen-bond acceptors (Lipinski definition) is 3. The fourth-order valence-electron chi connectivity index (χ4n) is 2.84. The average Bonchev–Trinajstić information content (AvgIpc) is 2.34. The number of ether oxygens (including phenoxy) is 1. The molecule has 0 bridgehead atoms. The maximum absolute atomic E-state index is 9.66. The molecule has 2 atom stereocenters. The molecule has 1 aliphatic carbocycles. The zero-order valence-electron chi connectivity index (χ0n) is 10.0. The van der Waals surface area contributed by atoms with Crippen LogP contribution in [0.25, 0.3) is 0 Å². The van der Waals surface area contributed by atoms with Crippen molar-refractivity contribution >= 4 is 0 Å². The molecule has 1 saturated carbocycles.